The molecule has 1 rings (SSSR count). The summed E-state index contributed by atoms with van der Waals surface area (Å²) in [7, 11) is 2.85. The molecule has 0 spiro atoms. The first kappa shape index (κ1) is 14.8. The normalized spacial score (nSPS) is 12.2. The van der Waals surface area contributed by atoms with Crippen LogP contribution in [0.1, 0.15) is 5.56 Å². The molecule has 0 fully saturated rings. The van der Waals surface area contributed by atoms with E-state index >= 15 is 0 Å². The third kappa shape index (κ3) is 3.64. The summed E-state index contributed by atoms with van der Waals surface area (Å²) in [4.78, 5) is 10.2. The molecule has 0 amide bonds. The quantitative estimate of drug-likeness (QED) is 0.459. The Kier molecular flexibility index (Phi) is 5.49. The van der Waals surface area contributed by atoms with Crippen LogP contribution in [-0.4, -0.2) is 30.6 Å². The van der Waals surface area contributed by atoms with E-state index < -0.39 is 10.7 Å². The number of hydrogen-bond donors (Lipinski definition) is 0. The van der Waals surface area contributed by atoms with E-state index in [0.717, 1.165) is 6.07 Å². The highest BCUT2D eigenvalue weighted by Gasteiger charge is 2.20. The van der Waals surface area contributed by atoms with Crippen LogP contribution < -0.4 is 4.74 Å². The Morgan fingerprint density at radius 2 is 2.17 bits per heavy atom. The van der Waals surface area contributed by atoms with Crippen molar-refractivity contribution in [1.82, 2.24) is 0 Å². The number of rotatable bonds is 6. The molecule has 0 N–H and O–H groups in total. The summed E-state index contributed by atoms with van der Waals surface area (Å²) in [6.45, 7) is 0.400. The number of nitrogens with zero attached hydrogens (tertiary/aromatic N) is 1. The predicted molar refractivity (Wildman–Crippen MR) is 67.9 cm³/mol. The van der Waals surface area contributed by atoms with E-state index in [1.54, 1.807) is 0 Å². The van der Waals surface area contributed by atoms with E-state index in [-0.39, 0.29) is 16.3 Å². The van der Waals surface area contributed by atoms with Gasteiger partial charge in [-0.2, -0.15) is 0 Å². The number of nitro benzene ring substituents is 1. The average Bonchev–Trinajstić information content (AvgIpc) is 2.30. The average molecular weight is 322 g/mol. The van der Waals surface area contributed by atoms with Crippen LogP contribution in [0.15, 0.2) is 12.1 Å². The Morgan fingerprint density at radius 3 is 2.67 bits per heavy atom. The first-order valence-corrected chi connectivity index (χ1v) is 6.05. The van der Waals surface area contributed by atoms with Gasteiger partial charge in [0.25, 0.3) is 5.69 Å². The van der Waals surface area contributed by atoms with Crippen LogP contribution in [0.5, 0.6) is 5.75 Å². The fraction of sp³-hybridized carbons (Fsp3) is 0.455. The molecule has 1 aromatic rings. The first-order chi connectivity index (χ1) is 8.49. The standard InChI is InChI=1S/C11H13BrFNO4/c1-17-6-8(12)3-7-4-11(18-2)9(13)5-10(7)14(15)16/h4-5,8H,3,6H2,1-2H3. The van der Waals surface area contributed by atoms with E-state index in [9.17, 15) is 14.5 Å². The molecule has 0 aliphatic heterocycles. The van der Waals surface area contributed by atoms with Gasteiger partial charge in [0.15, 0.2) is 11.6 Å². The minimum absolute atomic E-state index is 0.00674. The number of alkyl halides is 1. The number of nitro groups is 1. The summed E-state index contributed by atoms with van der Waals surface area (Å²) in [6.07, 6.45) is 0.348. The van der Waals surface area contributed by atoms with Crippen molar-refractivity contribution < 1.29 is 18.8 Å². The Balaban J connectivity index is 3.10. The fourth-order valence-electron chi connectivity index (χ4n) is 1.55. The van der Waals surface area contributed by atoms with E-state index in [2.05, 4.69) is 15.9 Å². The minimum Gasteiger partial charge on any atom is -0.494 e. The Hall–Kier alpha value is -1.21. The van der Waals surface area contributed by atoms with Crippen molar-refractivity contribution in [2.24, 2.45) is 0 Å². The molecule has 100 valence electrons. The molecule has 0 aliphatic carbocycles. The second kappa shape index (κ2) is 6.65. The van der Waals surface area contributed by atoms with Crippen molar-refractivity contribution in [2.45, 2.75) is 11.2 Å². The minimum atomic E-state index is -0.745. The number of hydrogen-bond acceptors (Lipinski definition) is 4. The van der Waals surface area contributed by atoms with Crippen LogP contribution in [0.4, 0.5) is 10.1 Å². The molecular weight excluding hydrogens is 309 g/mol. The van der Waals surface area contributed by atoms with Crippen LogP contribution >= 0.6 is 15.9 Å². The zero-order valence-electron chi connectivity index (χ0n) is 9.98. The third-order valence-corrected chi connectivity index (χ3v) is 2.93. The van der Waals surface area contributed by atoms with Gasteiger partial charge >= 0.3 is 0 Å². The Bertz CT molecular complexity index is 441. The second-order valence-corrected chi connectivity index (χ2v) is 4.92. The third-order valence-electron chi connectivity index (χ3n) is 2.34. The van der Waals surface area contributed by atoms with Crippen molar-refractivity contribution in [3.63, 3.8) is 0 Å². The summed E-state index contributed by atoms with van der Waals surface area (Å²) in [6, 6.07) is 2.22. The van der Waals surface area contributed by atoms with Crippen LogP contribution in [0, 0.1) is 15.9 Å². The summed E-state index contributed by atoms with van der Waals surface area (Å²) in [5, 5.41) is 10.9. The van der Waals surface area contributed by atoms with Gasteiger partial charge in [-0.25, -0.2) is 4.39 Å². The van der Waals surface area contributed by atoms with Crippen molar-refractivity contribution in [2.75, 3.05) is 20.8 Å². The van der Waals surface area contributed by atoms with Gasteiger partial charge in [-0.1, -0.05) is 15.9 Å². The molecule has 5 nitrogen and oxygen atoms in total. The van der Waals surface area contributed by atoms with Gasteiger partial charge in [0, 0.05) is 17.5 Å². The highest BCUT2D eigenvalue weighted by Crippen LogP contribution is 2.29. The lowest BCUT2D eigenvalue weighted by atomic mass is 10.1. The van der Waals surface area contributed by atoms with Crippen molar-refractivity contribution in [3.05, 3.63) is 33.6 Å². The zero-order chi connectivity index (χ0) is 13.7. The summed E-state index contributed by atoms with van der Waals surface area (Å²) < 4.78 is 23.2. The highest BCUT2D eigenvalue weighted by molar-refractivity contribution is 9.09. The van der Waals surface area contributed by atoms with E-state index in [4.69, 9.17) is 9.47 Å². The fourth-order valence-corrected chi connectivity index (χ4v) is 2.17. The number of methoxy groups -OCH3 is 2. The van der Waals surface area contributed by atoms with E-state index in [0.29, 0.717) is 18.6 Å². The van der Waals surface area contributed by atoms with Crippen LogP contribution in [-0.2, 0) is 11.2 Å². The maximum Gasteiger partial charge on any atom is 0.275 e. The lowest BCUT2D eigenvalue weighted by molar-refractivity contribution is -0.385. The molecule has 1 atom stereocenters. The van der Waals surface area contributed by atoms with Crippen molar-refractivity contribution >= 4 is 21.6 Å². The molecule has 0 saturated heterocycles. The van der Waals surface area contributed by atoms with Gasteiger partial charge in [-0.05, 0) is 12.5 Å². The molecule has 0 heterocycles. The van der Waals surface area contributed by atoms with Gasteiger partial charge in [0.1, 0.15) is 0 Å². The lowest BCUT2D eigenvalue weighted by Crippen LogP contribution is -2.11. The van der Waals surface area contributed by atoms with Crippen LogP contribution in [0.25, 0.3) is 0 Å². The zero-order valence-corrected chi connectivity index (χ0v) is 11.6. The molecule has 0 radical (unpaired) electrons. The Labute approximate surface area is 112 Å². The van der Waals surface area contributed by atoms with E-state index in [1.165, 1.54) is 20.3 Å². The number of halogens is 2. The highest BCUT2D eigenvalue weighted by atomic mass is 79.9. The largest absolute Gasteiger partial charge is 0.494 e. The summed E-state index contributed by atoms with van der Waals surface area (Å²) in [5.74, 6) is -0.751. The maximum atomic E-state index is 13.4. The molecule has 1 unspecified atom stereocenters. The molecule has 0 aliphatic rings. The molecule has 7 heteroatoms. The smallest absolute Gasteiger partial charge is 0.275 e. The van der Waals surface area contributed by atoms with Crippen molar-refractivity contribution in [3.8, 4) is 5.75 Å². The van der Waals surface area contributed by atoms with Gasteiger partial charge in [-0.15, -0.1) is 0 Å². The topological polar surface area (TPSA) is 61.6 Å². The number of benzene rings is 1. The molecule has 0 bridgehead atoms. The maximum absolute atomic E-state index is 13.4. The second-order valence-electron chi connectivity index (χ2n) is 3.63. The Morgan fingerprint density at radius 1 is 1.50 bits per heavy atom. The molecule has 1 aromatic carbocycles. The van der Waals surface area contributed by atoms with Crippen LogP contribution in [0.2, 0.25) is 0 Å². The van der Waals surface area contributed by atoms with Crippen molar-refractivity contribution in [1.29, 1.82) is 0 Å². The molecule has 0 aromatic heterocycles. The summed E-state index contributed by atoms with van der Waals surface area (Å²) >= 11 is 3.34. The van der Waals surface area contributed by atoms with E-state index in [1.807, 2.05) is 0 Å². The van der Waals surface area contributed by atoms with Gasteiger partial charge < -0.3 is 9.47 Å². The molecular formula is C11H13BrFNO4. The van der Waals surface area contributed by atoms with Gasteiger partial charge in [0.05, 0.1) is 24.7 Å². The van der Waals surface area contributed by atoms with Gasteiger partial charge in [-0.3, -0.25) is 10.1 Å². The predicted octanol–water partition coefficient (Wildman–Crippen LogP) is 2.69. The lowest BCUT2D eigenvalue weighted by Gasteiger charge is -2.10. The van der Waals surface area contributed by atoms with Gasteiger partial charge in [0.2, 0.25) is 0 Å². The van der Waals surface area contributed by atoms with Crippen LogP contribution in [0.3, 0.4) is 0 Å². The SMILES string of the molecule is COCC(Br)Cc1cc(OC)c(F)cc1[N+](=O)[O-]. The summed E-state index contributed by atoms with van der Waals surface area (Å²) in [5.41, 5.74) is 0.144. The number of ether oxygens (including phenoxy) is 2. The molecule has 0 saturated carbocycles. The monoisotopic (exact) mass is 321 g/mol. The molecule has 18 heavy (non-hydrogen) atoms. The first-order valence-electron chi connectivity index (χ1n) is 5.13.